The van der Waals surface area contributed by atoms with Crippen LogP contribution in [0, 0.1) is 11.6 Å². The predicted molar refractivity (Wildman–Crippen MR) is 75.4 cm³/mol. The summed E-state index contributed by atoms with van der Waals surface area (Å²) in [7, 11) is 0. The molecular weight excluding hydrogens is 302 g/mol. The molecule has 0 atom stereocenters. The number of aliphatic hydroxyl groups excluding tert-OH is 1. The molecule has 0 radical (unpaired) electrons. The molecule has 1 heterocycles. The summed E-state index contributed by atoms with van der Waals surface area (Å²) in [4.78, 5) is 15.8. The van der Waals surface area contributed by atoms with Crippen molar-refractivity contribution in [3.63, 3.8) is 0 Å². The first kappa shape index (κ1) is 16.1. The fourth-order valence-electron chi connectivity index (χ4n) is 2.40. The summed E-state index contributed by atoms with van der Waals surface area (Å²) >= 11 is 5.49. The van der Waals surface area contributed by atoms with Gasteiger partial charge >= 0.3 is 0 Å². The quantitative estimate of drug-likeness (QED) is 0.864. The number of amides is 1. The summed E-state index contributed by atoms with van der Waals surface area (Å²) in [5.41, 5.74) is -0.299. The lowest BCUT2D eigenvalue weighted by molar-refractivity contribution is 0.0755. The van der Waals surface area contributed by atoms with E-state index >= 15 is 0 Å². The van der Waals surface area contributed by atoms with E-state index < -0.39 is 17.5 Å². The molecule has 1 saturated heterocycles. The van der Waals surface area contributed by atoms with Crippen LogP contribution in [0.1, 0.15) is 16.8 Å². The van der Waals surface area contributed by atoms with E-state index in [0.717, 1.165) is 25.1 Å². The molecule has 1 aliphatic rings. The van der Waals surface area contributed by atoms with E-state index in [0.29, 0.717) is 26.2 Å². The second-order valence-corrected chi connectivity index (χ2v) is 5.36. The zero-order valence-corrected chi connectivity index (χ0v) is 12.2. The molecule has 1 N–H and O–H groups in total. The second kappa shape index (κ2) is 7.15. The van der Waals surface area contributed by atoms with Crippen LogP contribution in [-0.2, 0) is 0 Å². The van der Waals surface area contributed by atoms with Gasteiger partial charge in [0.1, 0.15) is 11.6 Å². The van der Waals surface area contributed by atoms with Gasteiger partial charge in [-0.2, -0.15) is 0 Å². The fraction of sp³-hybridized carbons (Fsp3) is 0.500. The van der Waals surface area contributed by atoms with Gasteiger partial charge in [-0.1, -0.05) is 11.6 Å². The van der Waals surface area contributed by atoms with E-state index in [2.05, 4.69) is 0 Å². The molecule has 0 aliphatic carbocycles. The van der Waals surface area contributed by atoms with E-state index in [-0.39, 0.29) is 17.2 Å². The third-order valence-electron chi connectivity index (χ3n) is 3.53. The van der Waals surface area contributed by atoms with Crippen LogP contribution in [0.2, 0.25) is 5.02 Å². The van der Waals surface area contributed by atoms with Gasteiger partial charge in [-0.3, -0.25) is 9.69 Å². The van der Waals surface area contributed by atoms with Gasteiger partial charge in [0.05, 0.1) is 17.2 Å². The van der Waals surface area contributed by atoms with Crippen LogP contribution in [0.4, 0.5) is 8.78 Å². The third-order valence-corrected chi connectivity index (χ3v) is 3.82. The fourth-order valence-corrected chi connectivity index (χ4v) is 2.55. The Balaban J connectivity index is 2.11. The average molecular weight is 319 g/mol. The minimum absolute atomic E-state index is 0.0605. The second-order valence-electron chi connectivity index (χ2n) is 4.96. The number of rotatable bonds is 3. The number of carbonyl (C=O) groups excluding carboxylic acids is 1. The molecule has 21 heavy (non-hydrogen) atoms. The van der Waals surface area contributed by atoms with Gasteiger partial charge in [0.25, 0.3) is 5.91 Å². The van der Waals surface area contributed by atoms with Crippen molar-refractivity contribution in [1.82, 2.24) is 9.80 Å². The lowest BCUT2D eigenvalue weighted by atomic mass is 10.1. The van der Waals surface area contributed by atoms with Crippen molar-refractivity contribution in [3.05, 3.63) is 34.4 Å². The number of hydrogen-bond donors (Lipinski definition) is 1. The van der Waals surface area contributed by atoms with Crippen molar-refractivity contribution in [2.24, 2.45) is 0 Å². The van der Waals surface area contributed by atoms with Crippen LogP contribution in [-0.4, -0.2) is 60.1 Å². The number of β-amino-alcohol motifs (C(OH)–C–C–N with tert-alkyl or cyclic N) is 1. The Hall–Kier alpha value is -1.24. The van der Waals surface area contributed by atoms with Gasteiger partial charge in [0.2, 0.25) is 0 Å². The Bertz CT molecular complexity index is 528. The average Bonchev–Trinajstić information content (AvgIpc) is 2.68. The molecule has 4 nitrogen and oxygen atoms in total. The van der Waals surface area contributed by atoms with Crippen molar-refractivity contribution in [3.8, 4) is 0 Å². The van der Waals surface area contributed by atoms with Crippen LogP contribution >= 0.6 is 11.6 Å². The molecule has 0 aromatic heterocycles. The minimum atomic E-state index is -0.817. The normalized spacial score (nSPS) is 16.9. The monoisotopic (exact) mass is 318 g/mol. The van der Waals surface area contributed by atoms with E-state index in [1.54, 1.807) is 0 Å². The number of halogens is 3. The molecule has 7 heteroatoms. The largest absolute Gasteiger partial charge is 0.395 e. The van der Waals surface area contributed by atoms with Crippen LogP contribution in [0.15, 0.2) is 12.1 Å². The van der Waals surface area contributed by atoms with E-state index in [9.17, 15) is 13.6 Å². The number of benzene rings is 1. The zero-order chi connectivity index (χ0) is 15.4. The molecular formula is C14H17ClF2N2O2. The SMILES string of the molecule is O=C(c1cc(F)c(Cl)cc1F)N1CCCN(CCO)CC1. The van der Waals surface area contributed by atoms with Crippen molar-refractivity contribution >= 4 is 17.5 Å². The lowest BCUT2D eigenvalue weighted by Crippen LogP contribution is -2.36. The van der Waals surface area contributed by atoms with Gasteiger partial charge in [-0.25, -0.2) is 8.78 Å². The highest BCUT2D eigenvalue weighted by molar-refractivity contribution is 6.30. The molecule has 1 aromatic carbocycles. The van der Waals surface area contributed by atoms with Gasteiger partial charge in [0.15, 0.2) is 0 Å². The number of carbonyl (C=O) groups is 1. The Morgan fingerprint density at radius 3 is 2.67 bits per heavy atom. The maximum Gasteiger partial charge on any atom is 0.256 e. The Morgan fingerprint density at radius 2 is 1.95 bits per heavy atom. The van der Waals surface area contributed by atoms with Crippen LogP contribution < -0.4 is 0 Å². The van der Waals surface area contributed by atoms with Gasteiger partial charge in [-0.15, -0.1) is 0 Å². The topological polar surface area (TPSA) is 43.8 Å². The number of nitrogens with zero attached hydrogens (tertiary/aromatic N) is 2. The van der Waals surface area contributed by atoms with Crippen LogP contribution in [0.3, 0.4) is 0 Å². The minimum Gasteiger partial charge on any atom is -0.395 e. The summed E-state index contributed by atoms with van der Waals surface area (Å²) < 4.78 is 27.2. The molecule has 0 spiro atoms. The summed E-state index contributed by atoms with van der Waals surface area (Å²) in [6.45, 7) is 2.87. The van der Waals surface area contributed by atoms with Crippen molar-refractivity contribution < 1.29 is 18.7 Å². The molecule has 116 valence electrons. The first-order chi connectivity index (χ1) is 10.0. The van der Waals surface area contributed by atoms with Gasteiger partial charge in [-0.05, 0) is 25.1 Å². The molecule has 1 aromatic rings. The predicted octanol–water partition coefficient (Wildman–Crippen LogP) is 1.76. The summed E-state index contributed by atoms with van der Waals surface area (Å²) in [6.07, 6.45) is 0.726. The van der Waals surface area contributed by atoms with Crippen molar-refractivity contribution in [2.45, 2.75) is 6.42 Å². The highest BCUT2D eigenvalue weighted by Crippen LogP contribution is 2.21. The van der Waals surface area contributed by atoms with E-state index in [4.69, 9.17) is 16.7 Å². The Labute approximate surface area is 126 Å². The van der Waals surface area contributed by atoms with Crippen molar-refractivity contribution in [2.75, 3.05) is 39.3 Å². The number of hydrogen-bond acceptors (Lipinski definition) is 3. The standard InChI is InChI=1S/C14H17ClF2N2O2/c15-11-9-12(16)10(8-13(11)17)14(21)19-3-1-2-18(4-5-19)6-7-20/h8-9,20H,1-7H2. The molecule has 1 amide bonds. The third kappa shape index (κ3) is 3.90. The number of aliphatic hydroxyl groups is 1. The molecule has 2 rings (SSSR count). The first-order valence-corrected chi connectivity index (χ1v) is 7.17. The molecule has 0 saturated carbocycles. The Morgan fingerprint density at radius 1 is 1.19 bits per heavy atom. The van der Waals surface area contributed by atoms with Crippen LogP contribution in [0.25, 0.3) is 0 Å². The molecule has 0 unspecified atom stereocenters. The summed E-state index contributed by atoms with van der Waals surface area (Å²) in [5.74, 6) is -2.16. The molecule has 1 aliphatic heterocycles. The maximum absolute atomic E-state index is 13.8. The van der Waals surface area contributed by atoms with Crippen LogP contribution in [0.5, 0.6) is 0 Å². The van der Waals surface area contributed by atoms with Crippen molar-refractivity contribution in [1.29, 1.82) is 0 Å². The Kier molecular flexibility index (Phi) is 5.50. The highest BCUT2D eigenvalue weighted by atomic mass is 35.5. The summed E-state index contributed by atoms with van der Waals surface area (Å²) in [5, 5.41) is 8.59. The molecule has 0 bridgehead atoms. The van der Waals surface area contributed by atoms with Gasteiger partial charge in [0, 0.05) is 26.2 Å². The highest BCUT2D eigenvalue weighted by Gasteiger charge is 2.23. The van der Waals surface area contributed by atoms with E-state index in [1.807, 2.05) is 4.90 Å². The maximum atomic E-state index is 13.8. The molecule has 1 fully saturated rings. The van der Waals surface area contributed by atoms with E-state index in [1.165, 1.54) is 4.90 Å². The first-order valence-electron chi connectivity index (χ1n) is 6.80. The smallest absolute Gasteiger partial charge is 0.256 e. The summed E-state index contributed by atoms with van der Waals surface area (Å²) in [6, 6.07) is 1.66. The van der Waals surface area contributed by atoms with Gasteiger partial charge < -0.3 is 10.0 Å². The lowest BCUT2D eigenvalue weighted by Gasteiger charge is -2.22. The zero-order valence-electron chi connectivity index (χ0n) is 11.5.